The Kier molecular flexibility index (Phi) is 6.46. The lowest BCUT2D eigenvalue weighted by Gasteiger charge is -2.28. The van der Waals surface area contributed by atoms with Crippen LogP contribution in [0.3, 0.4) is 0 Å². The number of sulfone groups is 1. The van der Waals surface area contributed by atoms with Crippen molar-refractivity contribution in [3.63, 3.8) is 0 Å². The number of nitrogen functional groups attached to an aromatic ring is 1. The van der Waals surface area contributed by atoms with E-state index in [4.69, 9.17) is 17.3 Å². The number of hydrogen-bond donors (Lipinski definition) is 1. The Labute approximate surface area is 191 Å². The molecule has 1 aliphatic carbocycles. The number of thioether (sulfide) groups is 1. The fraction of sp³-hybridized carbons (Fsp3) is 0.476. The van der Waals surface area contributed by atoms with Crippen LogP contribution >= 0.6 is 23.4 Å². The zero-order valence-electron chi connectivity index (χ0n) is 17.3. The lowest BCUT2D eigenvalue weighted by molar-refractivity contribution is -0.130. The molecular weight excluding hydrogens is 456 g/mol. The van der Waals surface area contributed by atoms with Crippen LogP contribution in [0.2, 0.25) is 5.02 Å². The van der Waals surface area contributed by atoms with Gasteiger partial charge in [0.1, 0.15) is 5.82 Å². The van der Waals surface area contributed by atoms with Crippen LogP contribution in [0.25, 0.3) is 11.1 Å². The number of aryl methyl sites for hydroxylation is 1. The van der Waals surface area contributed by atoms with Gasteiger partial charge >= 0.3 is 0 Å². The number of carbonyl (C=O) groups is 1. The number of rotatable bonds is 7. The molecule has 0 radical (unpaired) electrons. The molecule has 2 N–H and O–H groups in total. The van der Waals surface area contributed by atoms with Gasteiger partial charge in [-0.2, -0.15) is 0 Å². The van der Waals surface area contributed by atoms with E-state index >= 15 is 0 Å². The van der Waals surface area contributed by atoms with E-state index in [-0.39, 0.29) is 35.2 Å². The van der Waals surface area contributed by atoms with E-state index in [1.165, 1.54) is 11.8 Å². The quantitative estimate of drug-likeness (QED) is 0.479. The first kappa shape index (κ1) is 22.4. The van der Waals surface area contributed by atoms with Gasteiger partial charge in [-0.05, 0) is 43.4 Å². The van der Waals surface area contributed by atoms with Crippen LogP contribution in [0, 0.1) is 0 Å². The highest BCUT2D eigenvalue weighted by Crippen LogP contribution is 2.34. The molecule has 2 fully saturated rings. The van der Waals surface area contributed by atoms with Gasteiger partial charge in [-0.25, -0.2) is 18.4 Å². The first-order valence-corrected chi connectivity index (χ1v) is 13.5. The minimum absolute atomic E-state index is 0.0587. The Hall–Kier alpha value is -1.84. The van der Waals surface area contributed by atoms with Gasteiger partial charge in [-0.1, -0.05) is 42.4 Å². The predicted molar refractivity (Wildman–Crippen MR) is 124 cm³/mol. The second kappa shape index (κ2) is 8.96. The molecule has 7 nitrogen and oxygen atoms in total. The number of amides is 1. The third kappa shape index (κ3) is 5.15. The molecule has 1 amide bonds. The van der Waals surface area contributed by atoms with Crippen molar-refractivity contribution in [3.05, 3.63) is 35.0 Å². The van der Waals surface area contributed by atoms with E-state index in [9.17, 15) is 13.2 Å². The maximum atomic E-state index is 13.0. The second-order valence-electron chi connectivity index (χ2n) is 7.95. The van der Waals surface area contributed by atoms with Gasteiger partial charge in [0.25, 0.3) is 0 Å². The number of carbonyl (C=O) groups excluding carboxylic acids is 1. The maximum Gasteiger partial charge on any atom is 0.233 e. The Morgan fingerprint density at radius 3 is 2.48 bits per heavy atom. The largest absolute Gasteiger partial charge is 0.383 e. The van der Waals surface area contributed by atoms with E-state index < -0.39 is 9.84 Å². The summed E-state index contributed by atoms with van der Waals surface area (Å²) in [4.78, 5) is 23.8. The Bertz CT molecular complexity index is 1090. The van der Waals surface area contributed by atoms with Crippen molar-refractivity contribution in [3.8, 4) is 11.1 Å². The highest BCUT2D eigenvalue weighted by Gasteiger charge is 2.41. The number of aromatic nitrogens is 2. The predicted octanol–water partition coefficient (Wildman–Crippen LogP) is 3.21. The average molecular weight is 481 g/mol. The number of nitrogens with two attached hydrogens (primary N) is 1. The molecule has 1 aromatic carbocycles. The summed E-state index contributed by atoms with van der Waals surface area (Å²) in [6, 6.07) is 7.32. The van der Waals surface area contributed by atoms with Gasteiger partial charge in [0.15, 0.2) is 15.0 Å². The zero-order valence-corrected chi connectivity index (χ0v) is 19.6. The molecule has 31 heavy (non-hydrogen) atoms. The van der Waals surface area contributed by atoms with Crippen LogP contribution in [0.15, 0.2) is 29.4 Å². The minimum atomic E-state index is -3.05. The molecule has 0 bridgehead atoms. The first-order valence-electron chi connectivity index (χ1n) is 10.3. The molecule has 2 heterocycles. The minimum Gasteiger partial charge on any atom is -0.383 e. The van der Waals surface area contributed by atoms with E-state index in [0.29, 0.717) is 28.8 Å². The van der Waals surface area contributed by atoms with Gasteiger partial charge in [-0.3, -0.25) is 4.79 Å². The highest BCUT2D eigenvalue weighted by molar-refractivity contribution is 7.99. The van der Waals surface area contributed by atoms with E-state index in [2.05, 4.69) is 9.97 Å². The summed E-state index contributed by atoms with van der Waals surface area (Å²) >= 11 is 7.24. The number of benzene rings is 1. The Balaban J connectivity index is 1.49. The monoisotopic (exact) mass is 480 g/mol. The molecule has 1 saturated carbocycles. The van der Waals surface area contributed by atoms with Crippen molar-refractivity contribution in [2.45, 2.75) is 49.8 Å². The van der Waals surface area contributed by atoms with E-state index in [1.807, 2.05) is 19.1 Å². The van der Waals surface area contributed by atoms with Crippen molar-refractivity contribution < 1.29 is 13.2 Å². The van der Waals surface area contributed by atoms with Crippen LogP contribution < -0.4 is 5.73 Å². The first-order chi connectivity index (χ1) is 14.8. The number of anilines is 1. The Morgan fingerprint density at radius 2 is 1.90 bits per heavy atom. The molecule has 1 saturated heterocycles. The average Bonchev–Trinajstić information content (AvgIpc) is 3.49. The topological polar surface area (TPSA) is 106 Å². The van der Waals surface area contributed by atoms with Crippen LogP contribution in [0.1, 0.15) is 31.9 Å². The standard InChI is InChI=1S/C21H25ClN4O3S2/c1-2-17-19(13-3-5-14(22)6-4-13)20(23)25-21(24-17)30-11-18(27)26(15-7-8-15)16-9-10-31(28,29)12-16/h3-6,15-16H,2,7-12H2,1H3,(H2,23,24,25)/t16-/m1/s1. The number of halogens is 1. The normalized spacial score (nSPS) is 20.0. The molecular formula is C21H25ClN4O3S2. The summed E-state index contributed by atoms with van der Waals surface area (Å²) in [6.07, 6.45) is 3.06. The van der Waals surface area contributed by atoms with Crippen molar-refractivity contribution >= 4 is 44.9 Å². The van der Waals surface area contributed by atoms with Crippen LogP contribution in [-0.4, -0.2) is 58.5 Å². The molecule has 2 aromatic rings. The third-order valence-corrected chi connectivity index (χ3v) is 8.45. The van der Waals surface area contributed by atoms with Crippen LogP contribution in [0.4, 0.5) is 5.82 Å². The lowest BCUT2D eigenvalue weighted by Crippen LogP contribution is -2.43. The maximum absolute atomic E-state index is 13.0. The van der Waals surface area contributed by atoms with Crippen molar-refractivity contribution in [1.29, 1.82) is 0 Å². The second-order valence-corrected chi connectivity index (χ2v) is 11.6. The summed E-state index contributed by atoms with van der Waals surface area (Å²) in [5, 5.41) is 1.09. The molecule has 0 unspecified atom stereocenters. The lowest BCUT2D eigenvalue weighted by atomic mass is 10.0. The Morgan fingerprint density at radius 1 is 1.19 bits per heavy atom. The molecule has 1 aliphatic heterocycles. The third-order valence-electron chi connectivity index (χ3n) is 5.61. The van der Waals surface area contributed by atoms with Crippen molar-refractivity contribution in [2.24, 2.45) is 0 Å². The summed E-state index contributed by atoms with van der Waals surface area (Å²) in [5.41, 5.74) is 8.75. The fourth-order valence-electron chi connectivity index (χ4n) is 4.01. The summed E-state index contributed by atoms with van der Waals surface area (Å²) in [7, 11) is -3.05. The van der Waals surface area contributed by atoms with Crippen LogP contribution in [-0.2, 0) is 21.1 Å². The summed E-state index contributed by atoms with van der Waals surface area (Å²) in [6.45, 7) is 2.00. The molecule has 2 aliphatic rings. The van der Waals surface area contributed by atoms with Gasteiger partial charge in [0, 0.05) is 22.7 Å². The summed E-state index contributed by atoms with van der Waals surface area (Å²) in [5.74, 6) is 0.698. The molecule has 166 valence electrons. The van der Waals surface area contributed by atoms with Gasteiger partial charge in [0.2, 0.25) is 5.91 Å². The molecule has 1 aromatic heterocycles. The number of hydrogen-bond acceptors (Lipinski definition) is 7. The molecule has 1 atom stereocenters. The van der Waals surface area contributed by atoms with Crippen LogP contribution in [0.5, 0.6) is 0 Å². The number of nitrogens with zero attached hydrogens (tertiary/aromatic N) is 3. The zero-order chi connectivity index (χ0) is 22.2. The molecule has 10 heteroatoms. The van der Waals surface area contributed by atoms with Gasteiger partial charge < -0.3 is 10.6 Å². The van der Waals surface area contributed by atoms with E-state index in [0.717, 1.165) is 29.7 Å². The van der Waals surface area contributed by atoms with Crippen molar-refractivity contribution in [1.82, 2.24) is 14.9 Å². The fourth-order valence-corrected chi connectivity index (χ4v) is 6.58. The van der Waals surface area contributed by atoms with Gasteiger partial charge in [-0.15, -0.1) is 0 Å². The SMILES string of the molecule is CCc1nc(SCC(=O)N(C2CC2)[C@@H]2CCS(=O)(=O)C2)nc(N)c1-c1ccc(Cl)cc1. The molecule has 4 rings (SSSR count). The molecule has 0 spiro atoms. The van der Waals surface area contributed by atoms with E-state index in [1.54, 1.807) is 17.0 Å². The summed E-state index contributed by atoms with van der Waals surface area (Å²) < 4.78 is 23.8. The van der Waals surface area contributed by atoms with Crippen molar-refractivity contribution in [2.75, 3.05) is 23.0 Å². The van der Waals surface area contributed by atoms with Gasteiger partial charge in [0.05, 0.1) is 23.0 Å². The smallest absolute Gasteiger partial charge is 0.233 e. The highest BCUT2D eigenvalue weighted by atomic mass is 35.5.